The number of anilines is 1. The van der Waals surface area contributed by atoms with Crippen LogP contribution in [0.1, 0.15) is 15.4 Å². The molecule has 0 fully saturated rings. The van der Waals surface area contributed by atoms with Crippen LogP contribution in [0.15, 0.2) is 66.2 Å². The van der Waals surface area contributed by atoms with Crippen molar-refractivity contribution in [2.75, 3.05) is 12.4 Å². The van der Waals surface area contributed by atoms with Crippen molar-refractivity contribution in [3.8, 4) is 17.3 Å². The minimum atomic E-state index is -0.444. The molecule has 0 atom stereocenters. The molecule has 0 aliphatic carbocycles. The molecular weight excluding hydrogens is 346 g/mol. The fourth-order valence-corrected chi connectivity index (χ4v) is 3.12. The van der Waals surface area contributed by atoms with E-state index in [-0.39, 0.29) is 0 Å². The van der Waals surface area contributed by atoms with Crippen LogP contribution in [0, 0.1) is 11.3 Å². The van der Waals surface area contributed by atoms with Crippen LogP contribution in [0.3, 0.4) is 0 Å². The monoisotopic (exact) mass is 361 g/mol. The molecular formula is C20H15N3O2S. The molecule has 3 aromatic rings. The van der Waals surface area contributed by atoms with E-state index in [2.05, 4.69) is 16.4 Å². The number of nitrogens with one attached hydrogen (secondary N) is 1. The lowest BCUT2D eigenvalue weighted by atomic mass is 10.2. The molecule has 0 saturated heterocycles. The molecule has 1 aromatic heterocycles. The Balaban J connectivity index is 1.86. The van der Waals surface area contributed by atoms with Crippen LogP contribution in [0.5, 0.6) is 0 Å². The van der Waals surface area contributed by atoms with Gasteiger partial charge in [0, 0.05) is 17.1 Å². The lowest BCUT2D eigenvalue weighted by molar-refractivity contribution is 0.0602. The number of ether oxygens (including phenoxy) is 1. The Morgan fingerprint density at radius 3 is 2.65 bits per heavy atom. The second-order valence-corrected chi connectivity index (χ2v) is 6.11. The Bertz CT molecular complexity index is 988. The number of esters is 1. The fraction of sp³-hybridized carbons (Fsp3) is 0.0500. The zero-order chi connectivity index (χ0) is 18.4. The number of allylic oxidation sites excluding steroid dienone is 1. The third kappa shape index (κ3) is 3.79. The van der Waals surface area contributed by atoms with Gasteiger partial charge in [0.05, 0.1) is 24.1 Å². The van der Waals surface area contributed by atoms with Gasteiger partial charge in [-0.05, 0) is 12.1 Å². The highest BCUT2D eigenvalue weighted by atomic mass is 32.1. The van der Waals surface area contributed by atoms with E-state index in [1.807, 2.05) is 35.7 Å². The Labute approximate surface area is 155 Å². The van der Waals surface area contributed by atoms with E-state index in [1.165, 1.54) is 18.4 Å². The number of methoxy groups -OCH3 is 1. The van der Waals surface area contributed by atoms with Gasteiger partial charge in [-0.1, -0.05) is 42.5 Å². The summed E-state index contributed by atoms with van der Waals surface area (Å²) < 4.78 is 4.77. The van der Waals surface area contributed by atoms with Crippen LogP contribution in [0.4, 0.5) is 5.69 Å². The van der Waals surface area contributed by atoms with E-state index in [1.54, 1.807) is 30.5 Å². The number of rotatable bonds is 5. The molecule has 0 bridgehead atoms. The maximum Gasteiger partial charge on any atom is 0.339 e. The van der Waals surface area contributed by atoms with Crippen LogP contribution >= 0.6 is 11.3 Å². The molecule has 5 nitrogen and oxygen atoms in total. The molecule has 1 heterocycles. The average Bonchev–Trinajstić information content (AvgIpc) is 3.19. The fourth-order valence-electron chi connectivity index (χ4n) is 2.33. The van der Waals surface area contributed by atoms with E-state index in [9.17, 15) is 10.1 Å². The Morgan fingerprint density at radius 2 is 1.92 bits per heavy atom. The standard InChI is InChI=1S/C20H15N3O2S/c1-25-20(24)16-9-5-6-10-17(16)22-12-15(11-21)19-23-18(13-26-19)14-7-3-2-4-8-14/h2-10,12-13,22H,1H3. The van der Waals surface area contributed by atoms with Crippen LogP contribution in [-0.4, -0.2) is 18.1 Å². The molecule has 0 aliphatic rings. The van der Waals surface area contributed by atoms with Gasteiger partial charge in [-0.15, -0.1) is 11.3 Å². The number of thiazole rings is 1. The van der Waals surface area contributed by atoms with Crippen LogP contribution < -0.4 is 5.32 Å². The lowest BCUT2D eigenvalue weighted by Gasteiger charge is -2.07. The zero-order valence-electron chi connectivity index (χ0n) is 14.0. The molecule has 0 saturated carbocycles. The second-order valence-electron chi connectivity index (χ2n) is 5.26. The lowest BCUT2D eigenvalue weighted by Crippen LogP contribution is -2.05. The summed E-state index contributed by atoms with van der Waals surface area (Å²) in [5, 5.41) is 15.0. The average molecular weight is 361 g/mol. The van der Waals surface area contributed by atoms with Gasteiger partial charge in [-0.3, -0.25) is 0 Å². The summed E-state index contributed by atoms with van der Waals surface area (Å²) in [5.74, 6) is -0.444. The van der Waals surface area contributed by atoms with Crippen LogP contribution in [0.25, 0.3) is 16.8 Å². The van der Waals surface area contributed by atoms with Gasteiger partial charge < -0.3 is 10.1 Å². The number of aromatic nitrogens is 1. The molecule has 2 aromatic carbocycles. The molecule has 3 rings (SSSR count). The Hall–Kier alpha value is -3.43. The summed E-state index contributed by atoms with van der Waals surface area (Å²) in [6.07, 6.45) is 1.55. The maximum absolute atomic E-state index is 11.8. The van der Waals surface area contributed by atoms with Crippen molar-refractivity contribution < 1.29 is 9.53 Å². The zero-order valence-corrected chi connectivity index (χ0v) is 14.8. The molecule has 0 radical (unpaired) electrons. The van der Waals surface area contributed by atoms with Gasteiger partial charge in [-0.2, -0.15) is 5.26 Å². The van der Waals surface area contributed by atoms with E-state index in [0.29, 0.717) is 21.8 Å². The van der Waals surface area contributed by atoms with Crippen molar-refractivity contribution in [2.24, 2.45) is 0 Å². The minimum absolute atomic E-state index is 0.386. The number of nitriles is 1. The largest absolute Gasteiger partial charge is 0.465 e. The number of benzene rings is 2. The third-order valence-corrected chi connectivity index (χ3v) is 4.50. The summed E-state index contributed by atoms with van der Waals surface area (Å²) in [6.45, 7) is 0. The summed E-state index contributed by atoms with van der Waals surface area (Å²) >= 11 is 1.39. The van der Waals surface area contributed by atoms with E-state index < -0.39 is 5.97 Å². The quantitative estimate of drug-likeness (QED) is 0.532. The number of carbonyl (C=O) groups is 1. The number of carbonyl (C=O) groups excluding carboxylic acids is 1. The van der Waals surface area contributed by atoms with Crippen molar-refractivity contribution >= 4 is 28.6 Å². The first-order valence-electron chi connectivity index (χ1n) is 7.78. The predicted octanol–water partition coefficient (Wildman–Crippen LogP) is 4.57. The minimum Gasteiger partial charge on any atom is -0.465 e. The normalized spacial score (nSPS) is 10.8. The van der Waals surface area contributed by atoms with E-state index in [0.717, 1.165) is 11.3 Å². The second kappa shape index (κ2) is 8.10. The first-order chi connectivity index (χ1) is 12.7. The SMILES string of the molecule is COC(=O)c1ccccc1NC=C(C#N)c1nc(-c2ccccc2)cs1. The van der Waals surface area contributed by atoms with Gasteiger partial charge >= 0.3 is 5.97 Å². The maximum atomic E-state index is 11.8. The van der Waals surface area contributed by atoms with Crippen molar-refractivity contribution in [1.82, 2.24) is 4.98 Å². The topological polar surface area (TPSA) is 75.0 Å². The van der Waals surface area contributed by atoms with E-state index in [4.69, 9.17) is 4.74 Å². The highest BCUT2D eigenvalue weighted by molar-refractivity contribution is 7.11. The Morgan fingerprint density at radius 1 is 1.19 bits per heavy atom. The van der Waals surface area contributed by atoms with Gasteiger partial charge in [0.25, 0.3) is 0 Å². The smallest absolute Gasteiger partial charge is 0.339 e. The van der Waals surface area contributed by atoms with Gasteiger partial charge in [0.2, 0.25) is 0 Å². The van der Waals surface area contributed by atoms with Crippen molar-refractivity contribution in [2.45, 2.75) is 0 Å². The van der Waals surface area contributed by atoms with Crippen LogP contribution in [-0.2, 0) is 4.74 Å². The highest BCUT2D eigenvalue weighted by Gasteiger charge is 2.12. The summed E-state index contributed by atoms with van der Waals surface area (Å²) in [5.41, 5.74) is 3.16. The molecule has 128 valence electrons. The number of para-hydroxylation sites is 1. The summed E-state index contributed by atoms with van der Waals surface area (Å²) in [6, 6.07) is 18.9. The molecule has 0 amide bonds. The van der Waals surface area contributed by atoms with Crippen molar-refractivity contribution in [1.29, 1.82) is 5.26 Å². The molecule has 6 heteroatoms. The number of hydrogen-bond donors (Lipinski definition) is 1. The molecule has 0 spiro atoms. The molecule has 1 N–H and O–H groups in total. The van der Waals surface area contributed by atoms with Gasteiger partial charge in [-0.25, -0.2) is 9.78 Å². The molecule has 0 aliphatic heterocycles. The van der Waals surface area contributed by atoms with Crippen molar-refractivity contribution in [3.05, 3.63) is 76.7 Å². The third-order valence-electron chi connectivity index (χ3n) is 3.63. The first-order valence-corrected chi connectivity index (χ1v) is 8.66. The number of hydrogen-bond acceptors (Lipinski definition) is 6. The summed E-state index contributed by atoms with van der Waals surface area (Å²) in [7, 11) is 1.33. The molecule has 0 unspecified atom stereocenters. The summed E-state index contributed by atoms with van der Waals surface area (Å²) in [4.78, 5) is 16.4. The molecule has 26 heavy (non-hydrogen) atoms. The van der Waals surface area contributed by atoms with Crippen LogP contribution in [0.2, 0.25) is 0 Å². The first kappa shape index (κ1) is 17.4. The van der Waals surface area contributed by atoms with Crippen molar-refractivity contribution in [3.63, 3.8) is 0 Å². The Kier molecular flexibility index (Phi) is 5.42. The number of nitrogens with zero attached hydrogens (tertiary/aromatic N) is 2. The predicted molar refractivity (Wildman–Crippen MR) is 103 cm³/mol. The van der Waals surface area contributed by atoms with E-state index >= 15 is 0 Å². The van der Waals surface area contributed by atoms with Gasteiger partial charge in [0.15, 0.2) is 0 Å². The highest BCUT2D eigenvalue weighted by Crippen LogP contribution is 2.26. The van der Waals surface area contributed by atoms with Gasteiger partial charge in [0.1, 0.15) is 16.6 Å².